The summed E-state index contributed by atoms with van der Waals surface area (Å²) < 4.78 is 5.33. The number of rotatable bonds is 5. The molecule has 0 unspecified atom stereocenters. The van der Waals surface area contributed by atoms with Gasteiger partial charge in [0, 0.05) is 43.6 Å². The van der Waals surface area contributed by atoms with Crippen molar-refractivity contribution in [2.45, 2.75) is 39.5 Å². The van der Waals surface area contributed by atoms with Crippen LogP contribution in [0.4, 0.5) is 16.2 Å². The molecule has 0 atom stereocenters. The number of para-hydroxylation sites is 1. The molecule has 2 aromatic carbocycles. The lowest BCUT2D eigenvalue weighted by atomic mass is 9.93. The van der Waals surface area contributed by atoms with E-state index in [0.29, 0.717) is 24.9 Å². The van der Waals surface area contributed by atoms with Crippen LogP contribution in [0.5, 0.6) is 5.75 Å². The monoisotopic (exact) mass is 395 g/mol. The molecular formula is C24H33N3O2. The third-order valence-corrected chi connectivity index (χ3v) is 5.59. The molecule has 2 amide bonds. The molecule has 0 spiro atoms. The quantitative estimate of drug-likeness (QED) is 0.747. The van der Waals surface area contributed by atoms with E-state index in [2.05, 4.69) is 62.2 Å². The lowest BCUT2D eigenvalue weighted by Gasteiger charge is -2.36. The van der Waals surface area contributed by atoms with Gasteiger partial charge >= 0.3 is 6.03 Å². The SMILES string of the molecule is COc1cccc(N2CCN(C(=O)Nc3c(C(C)C)cccc3C(C)C)CC2)c1. The van der Waals surface area contributed by atoms with Gasteiger partial charge in [-0.05, 0) is 35.1 Å². The second-order valence-electron chi connectivity index (χ2n) is 8.23. The first-order valence-corrected chi connectivity index (χ1v) is 10.5. The zero-order chi connectivity index (χ0) is 21.0. The number of methoxy groups -OCH3 is 1. The third-order valence-electron chi connectivity index (χ3n) is 5.59. The zero-order valence-corrected chi connectivity index (χ0v) is 18.2. The number of benzene rings is 2. The minimum Gasteiger partial charge on any atom is -0.497 e. The largest absolute Gasteiger partial charge is 0.497 e. The van der Waals surface area contributed by atoms with Gasteiger partial charge in [0.1, 0.15) is 5.75 Å². The van der Waals surface area contributed by atoms with E-state index in [1.165, 1.54) is 11.1 Å². The summed E-state index contributed by atoms with van der Waals surface area (Å²) in [6.45, 7) is 11.7. The number of nitrogens with one attached hydrogen (secondary N) is 1. The van der Waals surface area contributed by atoms with Crippen molar-refractivity contribution in [3.63, 3.8) is 0 Å². The molecule has 1 aliphatic heterocycles. The van der Waals surface area contributed by atoms with E-state index in [1.807, 2.05) is 23.1 Å². The lowest BCUT2D eigenvalue weighted by molar-refractivity contribution is 0.208. The van der Waals surface area contributed by atoms with E-state index in [-0.39, 0.29) is 6.03 Å². The number of carbonyl (C=O) groups is 1. The van der Waals surface area contributed by atoms with Crippen molar-refractivity contribution in [2.75, 3.05) is 43.5 Å². The van der Waals surface area contributed by atoms with Crippen molar-refractivity contribution in [1.82, 2.24) is 4.90 Å². The number of anilines is 2. The molecule has 156 valence electrons. The summed E-state index contributed by atoms with van der Waals surface area (Å²) in [6, 6.07) is 14.4. The molecule has 1 fully saturated rings. The number of amides is 2. The van der Waals surface area contributed by atoms with Crippen molar-refractivity contribution in [1.29, 1.82) is 0 Å². The van der Waals surface area contributed by atoms with E-state index in [0.717, 1.165) is 30.2 Å². The van der Waals surface area contributed by atoms with Crippen LogP contribution in [-0.4, -0.2) is 44.2 Å². The Bertz CT molecular complexity index is 814. The number of urea groups is 1. The van der Waals surface area contributed by atoms with Crippen molar-refractivity contribution in [3.05, 3.63) is 53.6 Å². The number of nitrogens with zero attached hydrogens (tertiary/aromatic N) is 2. The van der Waals surface area contributed by atoms with Crippen LogP contribution in [-0.2, 0) is 0 Å². The summed E-state index contributed by atoms with van der Waals surface area (Å²) in [7, 11) is 1.68. The average molecular weight is 396 g/mol. The van der Waals surface area contributed by atoms with E-state index >= 15 is 0 Å². The molecule has 1 N–H and O–H groups in total. The molecule has 0 saturated carbocycles. The number of carbonyl (C=O) groups excluding carboxylic acids is 1. The molecule has 0 aliphatic carbocycles. The highest BCUT2D eigenvalue weighted by molar-refractivity contribution is 5.91. The van der Waals surface area contributed by atoms with Gasteiger partial charge in [-0.2, -0.15) is 0 Å². The van der Waals surface area contributed by atoms with Crippen LogP contribution in [0, 0.1) is 0 Å². The molecule has 1 heterocycles. The summed E-state index contributed by atoms with van der Waals surface area (Å²) in [6.07, 6.45) is 0. The third kappa shape index (κ3) is 4.84. The minimum atomic E-state index is -0.00899. The Kier molecular flexibility index (Phi) is 6.68. The first kappa shape index (κ1) is 21.0. The molecule has 0 radical (unpaired) electrons. The van der Waals surface area contributed by atoms with E-state index in [9.17, 15) is 4.79 Å². The Morgan fingerprint density at radius 1 is 0.931 bits per heavy atom. The van der Waals surface area contributed by atoms with Crippen molar-refractivity contribution >= 4 is 17.4 Å². The van der Waals surface area contributed by atoms with Gasteiger partial charge in [0.25, 0.3) is 0 Å². The van der Waals surface area contributed by atoms with Crippen LogP contribution in [0.1, 0.15) is 50.7 Å². The second kappa shape index (κ2) is 9.21. The van der Waals surface area contributed by atoms with Crippen molar-refractivity contribution in [3.8, 4) is 5.75 Å². The van der Waals surface area contributed by atoms with Gasteiger partial charge in [0.15, 0.2) is 0 Å². The first-order chi connectivity index (χ1) is 13.9. The number of hydrogen-bond donors (Lipinski definition) is 1. The second-order valence-corrected chi connectivity index (χ2v) is 8.23. The fourth-order valence-electron chi connectivity index (χ4n) is 3.86. The molecule has 1 aliphatic rings. The standard InChI is InChI=1S/C24H33N3O2/c1-17(2)21-10-7-11-22(18(3)4)23(21)25-24(28)27-14-12-26(13-15-27)19-8-6-9-20(16-19)29-5/h6-11,16-18H,12-15H2,1-5H3,(H,25,28). The van der Waals surface area contributed by atoms with Crippen LogP contribution < -0.4 is 15.0 Å². The predicted molar refractivity (Wildman–Crippen MR) is 120 cm³/mol. The smallest absolute Gasteiger partial charge is 0.321 e. The molecule has 1 saturated heterocycles. The van der Waals surface area contributed by atoms with E-state index in [1.54, 1.807) is 7.11 Å². The Balaban J connectivity index is 1.69. The van der Waals surface area contributed by atoms with Gasteiger partial charge in [-0.3, -0.25) is 0 Å². The van der Waals surface area contributed by atoms with Crippen LogP contribution in [0.3, 0.4) is 0 Å². The molecular weight excluding hydrogens is 362 g/mol. The Morgan fingerprint density at radius 2 is 1.52 bits per heavy atom. The lowest BCUT2D eigenvalue weighted by Crippen LogP contribution is -2.50. The zero-order valence-electron chi connectivity index (χ0n) is 18.2. The van der Waals surface area contributed by atoms with Crippen LogP contribution in [0.2, 0.25) is 0 Å². The highest BCUT2D eigenvalue weighted by Gasteiger charge is 2.23. The molecule has 3 rings (SSSR count). The molecule has 0 bridgehead atoms. The van der Waals surface area contributed by atoms with Gasteiger partial charge in [0.05, 0.1) is 7.11 Å². The Labute approximate surface area is 174 Å². The first-order valence-electron chi connectivity index (χ1n) is 10.5. The molecule has 0 aromatic heterocycles. The minimum absolute atomic E-state index is 0.00899. The van der Waals surface area contributed by atoms with Crippen LogP contribution in [0.25, 0.3) is 0 Å². The Morgan fingerprint density at radius 3 is 2.07 bits per heavy atom. The highest BCUT2D eigenvalue weighted by Crippen LogP contribution is 2.32. The maximum Gasteiger partial charge on any atom is 0.321 e. The van der Waals surface area contributed by atoms with Crippen LogP contribution >= 0.6 is 0 Å². The highest BCUT2D eigenvalue weighted by atomic mass is 16.5. The molecule has 5 nitrogen and oxygen atoms in total. The average Bonchev–Trinajstić information content (AvgIpc) is 2.73. The number of hydrogen-bond acceptors (Lipinski definition) is 3. The van der Waals surface area contributed by atoms with Gasteiger partial charge in [-0.1, -0.05) is 52.0 Å². The summed E-state index contributed by atoms with van der Waals surface area (Å²) >= 11 is 0. The van der Waals surface area contributed by atoms with Crippen LogP contribution in [0.15, 0.2) is 42.5 Å². The fourth-order valence-corrected chi connectivity index (χ4v) is 3.86. The van der Waals surface area contributed by atoms with Gasteiger partial charge in [-0.25, -0.2) is 4.79 Å². The van der Waals surface area contributed by atoms with Gasteiger partial charge in [-0.15, -0.1) is 0 Å². The maximum absolute atomic E-state index is 13.0. The normalized spacial score (nSPS) is 14.4. The topological polar surface area (TPSA) is 44.8 Å². The molecule has 2 aromatic rings. The summed E-state index contributed by atoms with van der Waals surface area (Å²) in [4.78, 5) is 17.3. The number of ether oxygens (including phenoxy) is 1. The molecule has 29 heavy (non-hydrogen) atoms. The van der Waals surface area contributed by atoms with E-state index in [4.69, 9.17) is 4.74 Å². The van der Waals surface area contributed by atoms with Crippen molar-refractivity contribution in [2.24, 2.45) is 0 Å². The summed E-state index contributed by atoms with van der Waals surface area (Å²) in [5.41, 5.74) is 4.51. The van der Waals surface area contributed by atoms with Gasteiger partial charge in [0.2, 0.25) is 0 Å². The van der Waals surface area contributed by atoms with E-state index < -0.39 is 0 Å². The fraction of sp³-hybridized carbons (Fsp3) is 0.458. The molecule has 5 heteroatoms. The summed E-state index contributed by atoms with van der Waals surface area (Å²) in [5, 5.41) is 3.23. The van der Waals surface area contributed by atoms with Crippen molar-refractivity contribution < 1.29 is 9.53 Å². The predicted octanol–water partition coefficient (Wildman–Crippen LogP) is 5.30. The van der Waals surface area contributed by atoms with Gasteiger partial charge < -0.3 is 19.9 Å². The maximum atomic E-state index is 13.0. The Hall–Kier alpha value is -2.69. The summed E-state index contributed by atoms with van der Waals surface area (Å²) in [5.74, 6) is 1.57. The number of piperazine rings is 1.